The molecule has 0 saturated carbocycles. The van der Waals surface area contributed by atoms with Crippen molar-refractivity contribution in [2.75, 3.05) is 0 Å². The summed E-state index contributed by atoms with van der Waals surface area (Å²) in [6.07, 6.45) is 4.26. The SMILES string of the molecule is NC(=S)[S-].[O]=[Mo+2]=[O].[c-]1cc[nH]n1. The van der Waals surface area contributed by atoms with Gasteiger partial charge in [0.2, 0.25) is 0 Å². The molecule has 0 radical (unpaired) electrons. The van der Waals surface area contributed by atoms with Gasteiger partial charge in [-0.3, -0.25) is 0 Å². The average molecular weight is 287 g/mol. The van der Waals surface area contributed by atoms with Crippen LogP contribution < -0.4 is 5.73 Å². The second-order valence-corrected chi connectivity index (χ2v) is 2.56. The van der Waals surface area contributed by atoms with Crippen molar-refractivity contribution in [1.29, 1.82) is 0 Å². The largest absolute Gasteiger partial charge is 0.382 e. The Morgan fingerprint density at radius 1 is 1.75 bits per heavy atom. The van der Waals surface area contributed by atoms with E-state index in [0.717, 1.165) is 0 Å². The van der Waals surface area contributed by atoms with Crippen LogP contribution in [0.3, 0.4) is 0 Å². The van der Waals surface area contributed by atoms with E-state index >= 15 is 0 Å². The molecule has 0 fully saturated rings. The first-order valence-electron chi connectivity index (χ1n) is 2.39. The van der Waals surface area contributed by atoms with Crippen LogP contribution in [0.25, 0.3) is 0 Å². The Morgan fingerprint density at radius 2 is 2.17 bits per heavy atom. The molecule has 0 aliphatic heterocycles. The average Bonchev–Trinajstić information content (AvgIpc) is 2.40. The second-order valence-electron chi connectivity index (χ2n) is 1.09. The maximum Gasteiger partial charge on any atom is -0.124 e. The number of H-pyrrole nitrogens is 1. The number of hydrogen-bond donors (Lipinski definition) is 2. The van der Waals surface area contributed by atoms with Gasteiger partial charge in [0.05, 0.1) is 0 Å². The molecule has 0 atom stereocenters. The maximum atomic E-state index is 8.50. The summed E-state index contributed by atoms with van der Waals surface area (Å²) in [6.45, 7) is 0. The van der Waals surface area contributed by atoms with Crippen LogP contribution in [-0.4, -0.2) is 14.5 Å². The van der Waals surface area contributed by atoms with E-state index in [-0.39, 0.29) is 4.32 Å². The normalized spacial score (nSPS) is 6.00. The smallest absolute Gasteiger partial charge is 0.124 e. The van der Waals surface area contributed by atoms with E-state index in [1.54, 1.807) is 12.3 Å². The number of nitrogens with one attached hydrogen (secondary N) is 1. The van der Waals surface area contributed by atoms with Crippen molar-refractivity contribution in [1.82, 2.24) is 10.2 Å². The molecule has 5 nitrogen and oxygen atoms in total. The molecular weight excluding hydrogens is 282 g/mol. The summed E-state index contributed by atoms with van der Waals surface area (Å²) in [5.41, 5.74) is 4.66. The van der Waals surface area contributed by atoms with Crippen molar-refractivity contribution >= 4 is 29.2 Å². The number of nitrogens with zero attached hydrogens (tertiary/aromatic N) is 1. The van der Waals surface area contributed by atoms with Gasteiger partial charge in [0.25, 0.3) is 0 Å². The Kier molecular flexibility index (Phi) is 15.6. The van der Waals surface area contributed by atoms with Crippen molar-refractivity contribution in [3.8, 4) is 0 Å². The molecule has 1 heterocycles. The Balaban J connectivity index is 0. The molecule has 0 aromatic carbocycles. The van der Waals surface area contributed by atoms with Crippen LogP contribution in [0, 0.1) is 6.20 Å². The Bertz CT molecular complexity index is 201. The molecule has 1 aromatic rings. The van der Waals surface area contributed by atoms with Crippen molar-refractivity contribution in [3.63, 3.8) is 0 Å². The van der Waals surface area contributed by atoms with Gasteiger partial charge in [-0.15, -0.1) is 12.4 Å². The fourth-order valence-corrected chi connectivity index (χ4v) is 0.186. The molecule has 3 N–H and O–H groups in total. The van der Waals surface area contributed by atoms with Crippen LogP contribution in [-0.2, 0) is 37.9 Å². The van der Waals surface area contributed by atoms with E-state index in [1.165, 1.54) is 0 Å². The number of hydrogen-bond acceptors (Lipinski definition) is 5. The van der Waals surface area contributed by atoms with Crippen molar-refractivity contribution in [3.05, 3.63) is 18.5 Å². The van der Waals surface area contributed by atoms with Gasteiger partial charge in [-0.25, -0.2) is 0 Å². The Labute approximate surface area is 88.7 Å². The van der Waals surface area contributed by atoms with E-state index in [9.17, 15) is 0 Å². The first-order chi connectivity index (χ1) is 5.65. The molecule has 12 heavy (non-hydrogen) atoms. The Morgan fingerprint density at radius 3 is 2.25 bits per heavy atom. The van der Waals surface area contributed by atoms with Gasteiger partial charge in [0.15, 0.2) is 0 Å². The van der Waals surface area contributed by atoms with Gasteiger partial charge in [-0.1, -0.05) is 4.32 Å². The van der Waals surface area contributed by atoms with Gasteiger partial charge in [0.1, 0.15) is 0 Å². The zero-order valence-electron chi connectivity index (χ0n) is 5.72. The van der Waals surface area contributed by atoms with Crippen LogP contribution in [0.1, 0.15) is 0 Å². The fraction of sp³-hybridized carbons (Fsp3) is 0. The van der Waals surface area contributed by atoms with Crippen molar-refractivity contribution < 1.29 is 25.3 Å². The molecule has 0 bridgehead atoms. The molecule has 0 spiro atoms. The van der Waals surface area contributed by atoms with E-state index in [0.29, 0.717) is 0 Å². The third-order valence-corrected chi connectivity index (χ3v) is 0.362. The first-order valence-corrected chi connectivity index (χ1v) is 4.84. The first kappa shape index (κ1) is 14.2. The van der Waals surface area contributed by atoms with Crippen molar-refractivity contribution in [2.24, 2.45) is 5.73 Å². The topological polar surface area (TPSA) is 88.8 Å². The number of thiocarbonyl (C=S) groups is 1. The number of rotatable bonds is 0. The number of aromatic amines is 1. The van der Waals surface area contributed by atoms with Gasteiger partial charge in [0, 0.05) is 0 Å². The summed E-state index contributed by atoms with van der Waals surface area (Å²) in [7, 11) is 0. The molecule has 66 valence electrons. The third kappa shape index (κ3) is 33.5. The molecule has 0 aliphatic carbocycles. The molecule has 1 aromatic heterocycles. The molecule has 0 saturated heterocycles. The minimum absolute atomic E-state index is 0.0833. The number of aromatic nitrogens is 2. The van der Waals surface area contributed by atoms with Crippen molar-refractivity contribution in [2.45, 2.75) is 0 Å². The standard InChI is InChI=1S/C3H3N2.CH3NS2.Mo.2O/c1-2-4-5-3-1;2-1(3)4;;;/h1-2H,(H,4,5);(H3,2,3,4);;;/q-1;;+2;;/p-1. The van der Waals surface area contributed by atoms with Crippen LogP contribution >= 0.6 is 12.2 Å². The predicted octanol–water partition coefficient (Wildman–Crippen LogP) is -0.253. The quantitative estimate of drug-likeness (QED) is 0.296. The fourth-order valence-electron chi connectivity index (χ4n) is 0.186. The molecule has 0 unspecified atom stereocenters. The maximum absolute atomic E-state index is 8.50. The predicted molar refractivity (Wildman–Crippen MR) is 42.9 cm³/mol. The zero-order valence-corrected chi connectivity index (χ0v) is 9.36. The minimum atomic E-state index is -2.03. The minimum Gasteiger partial charge on any atom is -0.382 e. The van der Waals surface area contributed by atoms with Crippen LogP contribution in [0.15, 0.2) is 12.3 Å². The Hall–Kier alpha value is -0.392. The monoisotopic (exact) mass is 289 g/mol. The molecule has 8 heteroatoms. The summed E-state index contributed by atoms with van der Waals surface area (Å²) < 4.78 is 17.1. The summed E-state index contributed by atoms with van der Waals surface area (Å²) in [5, 5.41) is 6.03. The molecule has 0 amide bonds. The number of nitrogens with two attached hydrogens (primary N) is 1. The van der Waals surface area contributed by atoms with Gasteiger partial charge < -0.3 is 40.8 Å². The van der Waals surface area contributed by atoms with E-state index in [4.69, 9.17) is 6.80 Å². The van der Waals surface area contributed by atoms with E-state index < -0.39 is 18.5 Å². The molecule has 0 aliphatic rings. The summed E-state index contributed by atoms with van der Waals surface area (Å²) >= 11 is 6.23. The third-order valence-electron chi connectivity index (χ3n) is 0.362. The summed E-state index contributed by atoms with van der Waals surface area (Å²) in [6, 6.07) is 1.71. The molecular formula is C4H5MoN3O2S2. The van der Waals surface area contributed by atoms with Crippen LogP contribution in [0.4, 0.5) is 0 Å². The van der Waals surface area contributed by atoms with Crippen LogP contribution in [0.5, 0.6) is 0 Å². The van der Waals surface area contributed by atoms with Gasteiger partial charge in [-0.2, -0.15) is 6.07 Å². The zero-order chi connectivity index (χ0) is 9.82. The van der Waals surface area contributed by atoms with Crippen LogP contribution in [0.2, 0.25) is 0 Å². The van der Waals surface area contributed by atoms with Gasteiger partial charge in [-0.05, 0) is 0 Å². The summed E-state index contributed by atoms with van der Waals surface area (Å²) in [5.74, 6) is 0. The van der Waals surface area contributed by atoms with E-state index in [2.05, 4.69) is 47.0 Å². The summed E-state index contributed by atoms with van der Waals surface area (Å²) in [4.78, 5) is 0. The van der Waals surface area contributed by atoms with E-state index in [1.807, 2.05) is 0 Å². The van der Waals surface area contributed by atoms with Gasteiger partial charge >= 0.3 is 25.3 Å². The second kappa shape index (κ2) is 13.2. The molecule has 1 rings (SSSR count).